The fraction of sp³-hybridized carbons (Fsp3) is 0.947. The van der Waals surface area contributed by atoms with Crippen molar-refractivity contribution in [2.45, 2.75) is 84.2 Å². The second-order valence-corrected chi connectivity index (χ2v) is 8.71. The van der Waals surface area contributed by atoms with E-state index in [1.165, 1.54) is 57.8 Å². The number of carbonyl (C=O) groups is 1. The van der Waals surface area contributed by atoms with Gasteiger partial charge in [0.15, 0.2) is 0 Å². The van der Waals surface area contributed by atoms with Crippen LogP contribution in [-0.4, -0.2) is 11.6 Å². The monoisotopic (exact) mass is 292 g/mol. The average Bonchev–Trinajstić information content (AvgIpc) is 2.42. The normalized spacial score (nSPS) is 40.0. The van der Waals surface area contributed by atoms with Gasteiger partial charge in [0, 0.05) is 0 Å². The lowest BCUT2D eigenvalue weighted by molar-refractivity contribution is -0.172. The van der Waals surface area contributed by atoms with Crippen LogP contribution in [-0.2, 0) is 9.53 Å². The Morgan fingerprint density at radius 2 is 1.33 bits per heavy atom. The lowest BCUT2D eigenvalue weighted by Gasteiger charge is -2.50. The summed E-state index contributed by atoms with van der Waals surface area (Å²) in [4.78, 5) is 12.9. The summed E-state index contributed by atoms with van der Waals surface area (Å²) in [5.41, 5.74) is -0.344. The molecule has 2 heteroatoms. The van der Waals surface area contributed by atoms with Crippen LogP contribution in [0.5, 0.6) is 0 Å². The number of hydrogen-bond acceptors (Lipinski definition) is 2. The highest BCUT2D eigenvalue weighted by atomic mass is 16.6. The SMILES string of the molecule is CC(C)(C)OC(=O)C1C2CCCCC2CC2CCCCC21. The number of hydrogen-bond donors (Lipinski definition) is 0. The zero-order valence-electron chi connectivity index (χ0n) is 14.1. The first-order chi connectivity index (χ1) is 9.96. The van der Waals surface area contributed by atoms with Gasteiger partial charge >= 0.3 is 5.97 Å². The Balaban J connectivity index is 1.82. The van der Waals surface area contributed by atoms with Gasteiger partial charge < -0.3 is 4.74 Å². The molecule has 0 aromatic heterocycles. The highest BCUT2D eigenvalue weighted by Gasteiger charge is 2.49. The first-order valence-corrected chi connectivity index (χ1v) is 9.18. The van der Waals surface area contributed by atoms with E-state index in [1.807, 2.05) is 20.8 Å². The standard InChI is InChI=1S/C19H32O2/c1-19(2,3)21-18(20)17-15-10-6-4-8-13(15)12-14-9-5-7-11-16(14)17/h13-17H,4-12H2,1-3H3. The minimum Gasteiger partial charge on any atom is -0.460 e. The predicted molar refractivity (Wildman–Crippen MR) is 84.8 cm³/mol. The van der Waals surface area contributed by atoms with E-state index in [4.69, 9.17) is 4.74 Å². The predicted octanol–water partition coefficient (Wildman–Crippen LogP) is 4.96. The molecule has 0 radical (unpaired) electrons. The van der Waals surface area contributed by atoms with E-state index < -0.39 is 0 Å². The van der Waals surface area contributed by atoms with Gasteiger partial charge in [-0.3, -0.25) is 4.79 Å². The lowest BCUT2D eigenvalue weighted by atomic mass is 9.55. The van der Waals surface area contributed by atoms with Crippen LogP contribution in [0.1, 0.15) is 78.6 Å². The average molecular weight is 292 g/mol. The van der Waals surface area contributed by atoms with E-state index >= 15 is 0 Å². The molecule has 0 aromatic rings. The minimum absolute atomic E-state index is 0.121. The van der Waals surface area contributed by atoms with Crippen LogP contribution in [0.15, 0.2) is 0 Å². The summed E-state index contributed by atoms with van der Waals surface area (Å²) in [6.07, 6.45) is 12.0. The van der Waals surface area contributed by atoms with E-state index in [-0.39, 0.29) is 17.5 Å². The number of carbonyl (C=O) groups excluding carboxylic acids is 1. The van der Waals surface area contributed by atoms with E-state index in [0.717, 1.165) is 11.8 Å². The van der Waals surface area contributed by atoms with Crippen LogP contribution in [0.4, 0.5) is 0 Å². The molecule has 0 N–H and O–H groups in total. The van der Waals surface area contributed by atoms with Gasteiger partial charge in [0.2, 0.25) is 0 Å². The molecule has 2 nitrogen and oxygen atoms in total. The molecule has 0 saturated heterocycles. The summed E-state index contributed by atoms with van der Waals surface area (Å²) < 4.78 is 5.84. The van der Waals surface area contributed by atoms with Crippen molar-refractivity contribution in [2.24, 2.45) is 29.6 Å². The Bertz CT molecular complexity index is 360. The molecular weight excluding hydrogens is 260 g/mol. The molecule has 4 unspecified atom stereocenters. The first kappa shape index (κ1) is 15.4. The second-order valence-electron chi connectivity index (χ2n) is 8.71. The van der Waals surface area contributed by atoms with Gasteiger partial charge in [-0.15, -0.1) is 0 Å². The van der Waals surface area contributed by atoms with Crippen LogP contribution in [0, 0.1) is 29.6 Å². The highest BCUT2D eigenvalue weighted by Crippen LogP contribution is 2.53. The van der Waals surface area contributed by atoms with Crippen molar-refractivity contribution < 1.29 is 9.53 Å². The zero-order chi connectivity index (χ0) is 15.0. The number of esters is 1. The number of fused-ring (bicyclic) bond motifs is 2. The van der Waals surface area contributed by atoms with Crippen molar-refractivity contribution in [3.8, 4) is 0 Å². The van der Waals surface area contributed by atoms with Crippen LogP contribution < -0.4 is 0 Å². The number of rotatable bonds is 1. The van der Waals surface area contributed by atoms with Crippen molar-refractivity contribution in [2.75, 3.05) is 0 Å². The van der Waals surface area contributed by atoms with Gasteiger partial charge in [-0.25, -0.2) is 0 Å². The van der Waals surface area contributed by atoms with Gasteiger partial charge in [0.25, 0.3) is 0 Å². The van der Waals surface area contributed by atoms with Gasteiger partial charge in [-0.2, -0.15) is 0 Å². The molecule has 0 heterocycles. The van der Waals surface area contributed by atoms with Crippen molar-refractivity contribution in [1.29, 1.82) is 0 Å². The Hall–Kier alpha value is -0.530. The minimum atomic E-state index is -0.344. The molecule has 3 saturated carbocycles. The molecule has 0 bridgehead atoms. The van der Waals surface area contributed by atoms with Gasteiger partial charge in [-0.1, -0.05) is 38.5 Å². The Labute approximate surface area is 130 Å². The summed E-state index contributed by atoms with van der Waals surface area (Å²) in [5, 5.41) is 0. The molecule has 0 aromatic carbocycles. The Morgan fingerprint density at radius 1 is 0.857 bits per heavy atom. The molecular formula is C19H32O2. The maximum atomic E-state index is 12.9. The zero-order valence-corrected chi connectivity index (χ0v) is 14.1. The maximum absolute atomic E-state index is 12.9. The van der Waals surface area contributed by atoms with Crippen molar-refractivity contribution in [1.82, 2.24) is 0 Å². The largest absolute Gasteiger partial charge is 0.460 e. The third-order valence-electron chi connectivity index (χ3n) is 6.14. The molecule has 4 atom stereocenters. The Kier molecular flexibility index (Phi) is 4.34. The maximum Gasteiger partial charge on any atom is 0.310 e. The third-order valence-corrected chi connectivity index (χ3v) is 6.14. The first-order valence-electron chi connectivity index (χ1n) is 9.18. The van der Waals surface area contributed by atoms with E-state index in [1.54, 1.807) is 0 Å². The molecule has 120 valence electrons. The summed E-state index contributed by atoms with van der Waals surface area (Å²) in [6, 6.07) is 0. The van der Waals surface area contributed by atoms with Crippen LogP contribution in [0.25, 0.3) is 0 Å². The van der Waals surface area contributed by atoms with Gasteiger partial charge in [0.05, 0.1) is 5.92 Å². The molecule has 3 aliphatic rings. The molecule has 3 aliphatic carbocycles. The van der Waals surface area contributed by atoms with Crippen LogP contribution >= 0.6 is 0 Å². The Morgan fingerprint density at radius 3 is 1.81 bits per heavy atom. The molecule has 0 amide bonds. The summed E-state index contributed by atoms with van der Waals surface area (Å²) >= 11 is 0. The van der Waals surface area contributed by atoms with Crippen LogP contribution in [0.2, 0.25) is 0 Å². The second kappa shape index (κ2) is 5.93. The fourth-order valence-corrected chi connectivity index (χ4v) is 5.43. The molecule has 21 heavy (non-hydrogen) atoms. The third kappa shape index (κ3) is 3.29. The highest BCUT2D eigenvalue weighted by molar-refractivity contribution is 5.74. The summed E-state index contributed by atoms with van der Waals surface area (Å²) in [5.74, 6) is 3.16. The molecule has 3 rings (SSSR count). The fourth-order valence-electron chi connectivity index (χ4n) is 5.43. The molecule has 0 spiro atoms. The lowest BCUT2D eigenvalue weighted by Crippen LogP contribution is -2.48. The van der Waals surface area contributed by atoms with E-state index in [0.29, 0.717) is 11.8 Å². The number of ether oxygens (including phenoxy) is 1. The van der Waals surface area contributed by atoms with E-state index in [2.05, 4.69) is 0 Å². The van der Waals surface area contributed by atoms with Crippen molar-refractivity contribution in [3.05, 3.63) is 0 Å². The quantitative estimate of drug-likeness (QED) is 0.638. The van der Waals surface area contributed by atoms with Crippen molar-refractivity contribution in [3.63, 3.8) is 0 Å². The summed E-state index contributed by atoms with van der Waals surface area (Å²) in [6.45, 7) is 6.01. The van der Waals surface area contributed by atoms with E-state index in [9.17, 15) is 4.79 Å². The summed E-state index contributed by atoms with van der Waals surface area (Å²) in [7, 11) is 0. The smallest absolute Gasteiger partial charge is 0.310 e. The van der Waals surface area contributed by atoms with Gasteiger partial charge in [-0.05, 0) is 63.7 Å². The van der Waals surface area contributed by atoms with Gasteiger partial charge in [0.1, 0.15) is 5.60 Å². The van der Waals surface area contributed by atoms with Crippen molar-refractivity contribution >= 4 is 5.97 Å². The molecule has 0 aliphatic heterocycles. The molecule has 3 fully saturated rings. The van der Waals surface area contributed by atoms with Crippen LogP contribution in [0.3, 0.4) is 0 Å². The topological polar surface area (TPSA) is 26.3 Å².